The van der Waals surface area contributed by atoms with Gasteiger partial charge < -0.3 is 39.0 Å². The van der Waals surface area contributed by atoms with Crippen LogP contribution in [0.3, 0.4) is 0 Å². The maximum Gasteiger partial charge on any atom is 0.410 e. The lowest BCUT2D eigenvalue weighted by Gasteiger charge is -2.32. The Hall–Kier alpha value is -3.90. The summed E-state index contributed by atoms with van der Waals surface area (Å²) < 4.78 is 27.1. The average molecular weight is 721 g/mol. The highest BCUT2D eigenvalue weighted by Gasteiger charge is 2.55. The zero-order valence-electron chi connectivity index (χ0n) is 32.8. The molecule has 3 aromatic rings. The molecule has 3 heterocycles. The minimum absolute atomic E-state index is 0.0620. The molecule has 5 rings (SSSR count). The van der Waals surface area contributed by atoms with Crippen LogP contribution < -0.4 is 5.73 Å². The molecule has 12 nitrogen and oxygen atoms in total. The van der Waals surface area contributed by atoms with Crippen molar-refractivity contribution >= 4 is 29.0 Å². The molecule has 5 atom stereocenters. The third kappa shape index (κ3) is 9.55. The first-order valence-corrected chi connectivity index (χ1v) is 18.8. The minimum Gasteiger partial charge on any atom is -0.444 e. The fourth-order valence-electron chi connectivity index (χ4n) is 7.34. The molecule has 2 amide bonds. The first kappa shape index (κ1) is 39.3. The second-order valence-corrected chi connectivity index (χ2v) is 16.9. The number of fused-ring (bicyclic) bond motifs is 2. The molecule has 0 bridgehead atoms. The van der Waals surface area contributed by atoms with Crippen LogP contribution in [0.1, 0.15) is 112 Å². The number of nitrogen functional groups attached to an aromatic ring is 1. The highest BCUT2D eigenvalue weighted by Crippen LogP contribution is 2.49. The number of ether oxygens (including phenoxy) is 4. The molecule has 2 N–H and O–H groups in total. The number of carbonyl (C=O) groups excluding carboxylic acids is 2. The van der Waals surface area contributed by atoms with E-state index in [0.717, 1.165) is 28.6 Å². The maximum atomic E-state index is 13.8. The van der Waals surface area contributed by atoms with Gasteiger partial charge in [-0.1, -0.05) is 44.2 Å². The average Bonchev–Trinajstić information content (AvgIpc) is 3.69. The molecule has 1 saturated carbocycles. The third-order valence-corrected chi connectivity index (χ3v) is 9.85. The van der Waals surface area contributed by atoms with E-state index in [9.17, 15) is 9.59 Å². The van der Waals surface area contributed by atoms with Crippen LogP contribution in [-0.4, -0.2) is 91.9 Å². The fourth-order valence-corrected chi connectivity index (χ4v) is 7.34. The van der Waals surface area contributed by atoms with Crippen LogP contribution in [0.5, 0.6) is 0 Å². The van der Waals surface area contributed by atoms with Crippen LogP contribution in [-0.2, 0) is 25.4 Å². The van der Waals surface area contributed by atoms with E-state index < -0.39 is 23.1 Å². The highest BCUT2D eigenvalue weighted by atomic mass is 16.8. The van der Waals surface area contributed by atoms with Crippen LogP contribution >= 0.6 is 0 Å². The van der Waals surface area contributed by atoms with E-state index in [2.05, 4.69) is 41.7 Å². The number of hydrogen-bond donors (Lipinski definition) is 1. The van der Waals surface area contributed by atoms with Gasteiger partial charge in [-0.15, -0.1) is 0 Å². The van der Waals surface area contributed by atoms with Crippen LogP contribution in [0.25, 0.3) is 11.0 Å². The summed E-state index contributed by atoms with van der Waals surface area (Å²) in [5.74, 6) is -0.133. The Labute approximate surface area is 309 Å². The lowest BCUT2D eigenvalue weighted by Crippen LogP contribution is -2.44. The summed E-state index contributed by atoms with van der Waals surface area (Å²) in [5, 5.41) is 0.882. The van der Waals surface area contributed by atoms with Crippen LogP contribution in [0.15, 0.2) is 42.9 Å². The number of carbonyl (C=O) groups is 2. The van der Waals surface area contributed by atoms with E-state index in [0.29, 0.717) is 51.3 Å². The van der Waals surface area contributed by atoms with Crippen LogP contribution in [0, 0.1) is 5.92 Å². The Kier molecular flexibility index (Phi) is 11.8. The minimum atomic E-state index is -0.799. The SMILES string of the molecule is CCC(C)c1cn([C@@H]2C[C@H](CN(CCCN(CCc3ccccc3)C(=O)OC(C)(C)C)C(=O)OC(C)(C)C)[C@H]3OC(C)(C)O[C@H]32)c2ncnc(N)c12. The number of nitrogens with zero attached hydrogens (tertiary/aromatic N) is 5. The van der Waals surface area contributed by atoms with Crippen LogP contribution in [0.4, 0.5) is 15.4 Å². The monoisotopic (exact) mass is 720 g/mol. The largest absolute Gasteiger partial charge is 0.444 e. The van der Waals surface area contributed by atoms with Crippen molar-refractivity contribution in [1.82, 2.24) is 24.3 Å². The molecule has 52 heavy (non-hydrogen) atoms. The highest BCUT2D eigenvalue weighted by molar-refractivity contribution is 5.90. The molecule has 0 radical (unpaired) electrons. The van der Waals surface area contributed by atoms with E-state index in [1.165, 1.54) is 6.33 Å². The van der Waals surface area contributed by atoms with Gasteiger partial charge in [0.05, 0.1) is 17.5 Å². The van der Waals surface area contributed by atoms with E-state index >= 15 is 0 Å². The Balaban J connectivity index is 1.38. The van der Waals surface area contributed by atoms with Crippen molar-refractivity contribution in [1.29, 1.82) is 0 Å². The molecule has 2 fully saturated rings. The summed E-state index contributed by atoms with van der Waals surface area (Å²) in [6.45, 7) is 21.1. The van der Waals surface area contributed by atoms with Gasteiger partial charge in [0.1, 0.15) is 35.1 Å². The molecule has 2 aliphatic rings. The Bertz CT molecular complexity index is 1680. The molecule has 1 unspecified atom stereocenters. The Morgan fingerprint density at radius 1 is 0.962 bits per heavy atom. The number of amides is 2. The standard InChI is InChI=1S/C40H60N6O6/c1-11-26(2)29-24-46(35-31(29)34(41)42-25-43-35)30-22-28(32-33(30)50-40(9,10)49-32)23-45(37(48)52-39(6,7)8)20-15-19-44(36(47)51-38(3,4)5)21-18-27-16-13-12-14-17-27/h12-14,16-17,24-26,28,30,32-33H,11,15,18-23H2,1-10H3,(H2,41,42,43)/t26?,28-,30-,32-,33+/m1/s1. The summed E-state index contributed by atoms with van der Waals surface area (Å²) >= 11 is 0. The molecular formula is C40H60N6O6. The van der Waals surface area contributed by atoms with E-state index in [1.807, 2.05) is 73.6 Å². The summed E-state index contributed by atoms with van der Waals surface area (Å²) in [6.07, 6.45) is 5.25. The Morgan fingerprint density at radius 2 is 1.58 bits per heavy atom. The number of aromatic nitrogens is 3. The van der Waals surface area contributed by atoms with Crippen LogP contribution in [0.2, 0.25) is 0 Å². The van der Waals surface area contributed by atoms with E-state index in [4.69, 9.17) is 29.7 Å². The molecule has 0 spiro atoms. The number of hydrogen-bond acceptors (Lipinski definition) is 9. The van der Waals surface area contributed by atoms with E-state index in [1.54, 1.807) is 9.80 Å². The third-order valence-electron chi connectivity index (χ3n) is 9.85. The van der Waals surface area contributed by atoms with Gasteiger partial charge in [-0.2, -0.15) is 0 Å². The molecular weight excluding hydrogens is 660 g/mol. The zero-order valence-corrected chi connectivity index (χ0v) is 32.8. The molecule has 12 heteroatoms. The normalized spacial score (nSPS) is 21.9. The van der Waals surface area contributed by atoms with Gasteiger partial charge in [-0.05, 0) is 98.1 Å². The van der Waals surface area contributed by atoms with Crippen molar-refractivity contribution in [2.45, 2.75) is 136 Å². The predicted molar refractivity (Wildman–Crippen MR) is 202 cm³/mol. The second-order valence-electron chi connectivity index (χ2n) is 16.9. The summed E-state index contributed by atoms with van der Waals surface area (Å²) in [6, 6.07) is 9.98. The lowest BCUT2D eigenvalue weighted by atomic mass is 9.99. The topological polar surface area (TPSA) is 134 Å². The number of rotatable bonds is 12. The summed E-state index contributed by atoms with van der Waals surface area (Å²) in [7, 11) is 0. The van der Waals surface area contributed by atoms with Crippen molar-refractivity contribution < 1.29 is 28.5 Å². The quantitative estimate of drug-likeness (QED) is 0.200. The number of nitrogens with two attached hydrogens (primary N) is 1. The van der Waals surface area contributed by atoms with Gasteiger partial charge in [-0.25, -0.2) is 19.6 Å². The molecule has 1 aliphatic carbocycles. The summed E-state index contributed by atoms with van der Waals surface area (Å²) in [4.78, 5) is 39.7. The van der Waals surface area contributed by atoms with Gasteiger partial charge in [0.15, 0.2) is 5.79 Å². The van der Waals surface area contributed by atoms with Gasteiger partial charge in [0, 0.05) is 38.3 Å². The smallest absolute Gasteiger partial charge is 0.410 e. The molecule has 2 aromatic heterocycles. The van der Waals surface area contributed by atoms with Gasteiger partial charge in [0.25, 0.3) is 0 Å². The maximum absolute atomic E-state index is 13.8. The van der Waals surface area contributed by atoms with E-state index in [-0.39, 0.29) is 36.2 Å². The molecule has 1 aromatic carbocycles. The predicted octanol–water partition coefficient (Wildman–Crippen LogP) is 7.72. The molecule has 1 aliphatic heterocycles. The summed E-state index contributed by atoms with van der Waals surface area (Å²) in [5.41, 5.74) is 8.17. The zero-order chi connectivity index (χ0) is 38.0. The molecule has 1 saturated heterocycles. The second kappa shape index (κ2) is 15.6. The lowest BCUT2D eigenvalue weighted by molar-refractivity contribution is -0.160. The first-order valence-electron chi connectivity index (χ1n) is 18.8. The number of anilines is 1. The fraction of sp³-hybridized carbons (Fsp3) is 0.650. The van der Waals surface area contributed by atoms with Crippen molar-refractivity contribution in [3.05, 3.63) is 54.0 Å². The van der Waals surface area contributed by atoms with Crippen molar-refractivity contribution in [2.75, 3.05) is 31.9 Å². The molecule has 286 valence electrons. The van der Waals surface area contributed by atoms with Gasteiger partial charge in [-0.3, -0.25) is 0 Å². The van der Waals surface area contributed by atoms with Gasteiger partial charge in [0.2, 0.25) is 0 Å². The Morgan fingerprint density at radius 3 is 2.21 bits per heavy atom. The van der Waals surface area contributed by atoms with Crippen molar-refractivity contribution in [3.63, 3.8) is 0 Å². The first-order chi connectivity index (χ1) is 24.4. The number of benzene rings is 1. The van der Waals surface area contributed by atoms with Crippen molar-refractivity contribution in [2.24, 2.45) is 5.92 Å². The van der Waals surface area contributed by atoms with Gasteiger partial charge >= 0.3 is 12.2 Å². The van der Waals surface area contributed by atoms with Crippen molar-refractivity contribution in [3.8, 4) is 0 Å².